The summed E-state index contributed by atoms with van der Waals surface area (Å²) in [6.45, 7) is 3.07. The van der Waals surface area contributed by atoms with Crippen LogP contribution < -0.4 is 5.32 Å². The molecule has 0 saturated carbocycles. The van der Waals surface area contributed by atoms with Crippen LogP contribution in [0.3, 0.4) is 0 Å². The number of carboxylic acid groups (broad SMARTS) is 2. The second kappa shape index (κ2) is 10.2. The van der Waals surface area contributed by atoms with E-state index >= 15 is 0 Å². The molecule has 0 fully saturated rings. The predicted molar refractivity (Wildman–Crippen MR) is 94.9 cm³/mol. The molecule has 1 aromatic heterocycles. The van der Waals surface area contributed by atoms with Gasteiger partial charge in [0.25, 0.3) is 0 Å². The number of aryl methyl sites for hydroxylation is 1. The van der Waals surface area contributed by atoms with Crippen LogP contribution in [-0.4, -0.2) is 39.9 Å². The number of aliphatic carboxylic acids is 2. The number of thiazole rings is 1. The van der Waals surface area contributed by atoms with E-state index in [4.69, 9.17) is 26.6 Å². The topological polar surface area (TPSA) is 99.5 Å². The van der Waals surface area contributed by atoms with Gasteiger partial charge in [0.05, 0.1) is 12.1 Å². The Hall–Kier alpha value is -2.17. The first-order chi connectivity index (χ1) is 12.5. The number of nitrogens with zero attached hydrogens (tertiary/aromatic N) is 1. The van der Waals surface area contributed by atoms with Crippen molar-refractivity contribution in [2.24, 2.45) is 0 Å². The lowest BCUT2D eigenvalue weighted by molar-refractivity contribution is -0.192. The molecule has 3 N–H and O–H groups in total. The molecule has 148 valence electrons. The summed E-state index contributed by atoms with van der Waals surface area (Å²) in [7, 11) is 0. The van der Waals surface area contributed by atoms with Gasteiger partial charge in [-0.2, -0.15) is 13.2 Å². The van der Waals surface area contributed by atoms with E-state index in [0.717, 1.165) is 21.1 Å². The molecule has 2 rings (SSSR count). The number of hydrogen-bond acceptors (Lipinski definition) is 5. The van der Waals surface area contributed by atoms with Crippen LogP contribution in [0.1, 0.15) is 16.3 Å². The Balaban J connectivity index is 0.000000445. The van der Waals surface area contributed by atoms with Crippen molar-refractivity contribution in [3.63, 3.8) is 0 Å². The Kier molecular flexibility index (Phi) is 8.67. The highest BCUT2D eigenvalue weighted by atomic mass is 35.5. The van der Waals surface area contributed by atoms with Crippen molar-refractivity contribution in [1.29, 1.82) is 0 Å². The third-order valence-electron chi connectivity index (χ3n) is 2.99. The molecule has 0 bridgehead atoms. The van der Waals surface area contributed by atoms with Gasteiger partial charge in [0, 0.05) is 28.6 Å². The van der Waals surface area contributed by atoms with E-state index in [9.17, 15) is 18.0 Å². The molecule has 2 aromatic rings. The molecule has 0 atom stereocenters. The summed E-state index contributed by atoms with van der Waals surface area (Å²) in [6.07, 6.45) is -4.96. The molecule has 1 heterocycles. The Morgan fingerprint density at radius 1 is 1.22 bits per heavy atom. The van der Waals surface area contributed by atoms with E-state index in [0.29, 0.717) is 18.1 Å². The molecule has 0 saturated heterocycles. The van der Waals surface area contributed by atoms with Crippen LogP contribution in [-0.2, 0) is 16.1 Å². The standard InChI is InChI=1S/C14H15ClN2O2S.C2HF3O2/c1-9-14(10-2-4-11(15)5-3-10)17-12(20-9)8-16-7-6-13(18)19;3-2(4,5)1(6)7/h2-5,16H,6-8H2,1H3,(H,18,19);(H,6,7). The van der Waals surface area contributed by atoms with Crippen LogP contribution in [0.4, 0.5) is 13.2 Å². The molecule has 27 heavy (non-hydrogen) atoms. The monoisotopic (exact) mass is 424 g/mol. The SMILES string of the molecule is Cc1sc(CNCCC(=O)O)nc1-c1ccc(Cl)cc1.O=C(O)C(F)(F)F. The quantitative estimate of drug-likeness (QED) is 0.607. The van der Waals surface area contributed by atoms with Gasteiger partial charge in [-0.05, 0) is 19.1 Å². The van der Waals surface area contributed by atoms with Crippen molar-refractivity contribution >= 4 is 34.9 Å². The summed E-state index contributed by atoms with van der Waals surface area (Å²) in [5.41, 5.74) is 2.00. The average Bonchev–Trinajstić information content (AvgIpc) is 2.93. The maximum Gasteiger partial charge on any atom is 0.490 e. The lowest BCUT2D eigenvalue weighted by Crippen LogP contribution is -2.21. The van der Waals surface area contributed by atoms with Crippen LogP contribution >= 0.6 is 22.9 Å². The predicted octanol–water partition coefficient (Wildman–Crippen LogP) is 3.97. The molecular weight excluding hydrogens is 409 g/mol. The molecule has 0 amide bonds. The number of nitrogens with one attached hydrogen (secondary N) is 1. The maximum atomic E-state index is 10.6. The van der Waals surface area contributed by atoms with Crippen molar-refractivity contribution in [3.05, 3.63) is 39.2 Å². The zero-order valence-corrected chi connectivity index (χ0v) is 15.6. The fourth-order valence-corrected chi connectivity index (χ4v) is 2.84. The third kappa shape index (κ3) is 8.37. The molecule has 0 radical (unpaired) electrons. The number of aromatic nitrogens is 1. The zero-order chi connectivity index (χ0) is 20.6. The smallest absolute Gasteiger partial charge is 0.481 e. The molecule has 0 aliphatic heterocycles. The van der Waals surface area contributed by atoms with Crippen LogP contribution in [0.5, 0.6) is 0 Å². The molecule has 0 unspecified atom stereocenters. The first-order valence-corrected chi connectivity index (χ1v) is 8.65. The summed E-state index contributed by atoms with van der Waals surface area (Å²) >= 11 is 7.50. The number of carbonyl (C=O) groups is 2. The number of rotatable bonds is 6. The number of hydrogen-bond donors (Lipinski definition) is 3. The van der Waals surface area contributed by atoms with Crippen molar-refractivity contribution in [3.8, 4) is 11.3 Å². The fourth-order valence-electron chi connectivity index (χ4n) is 1.79. The molecule has 0 aliphatic rings. The van der Waals surface area contributed by atoms with Gasteiger partial charge in [-0.15, -0.1) is 11.3 Å². The first-order valence-electron chi connectivity index (χ1n) is 7.45. The lowest BCUT2D eigenvalue weighted by Gasteiger charge is -1.99. The van der Waals surface area contributed by atoms with Crippen molar-refractivity contribution in [2.45, 2.75) is 26.1 Å². The van der Waals surface area contributed by atoms with Gasteiger partial charge in [-0.1, -0.05) is 23.7 Å². The Morgan fingerprint density at radius 2 is 1.78 bits per heavy atom. The molecule has 11 heteroatoms. The van der Waals surface area contributed by atoms with Crippen LogP contribution in [0, 0.1) is 6.92 Å². The molecule has 0 spiro atoms. The highest BCUT2D eigenvalue weighted by molar-refractivity contribution is 7.12. The van der Waals surface area contributed by atoms with Gasteiger partial charge in [-0.25, -0.2) is 9.78 Å². The van der Waals surface area contributed by atoms with E-state index in [-0.39, 0.29) is 6.42 Å². The summed E-state index contributed by atoms with van der Waals surface area (Å²) < 4.78 is 31.7. The van der Waals surface area contributed by atoms with E-state index in [1.54, 1.807) is 11.3 Å². The summed E-state index contributed by atoms with van der Waals surface area (Å²) in [5.74, 6) is -3.55. The van der Waals surface area contributed by atoms with Crippen molar-refractivity contribution < 1.29 is 33.0 Å². The summed E-state index contributed by atoms with van der Waals surface area (Å²) in [6, 6.07) is 7.60. The van der Waals surface area contributed by atoms with Crippen molar-refractivity contribution in [2.75, 3.05) is 6.54 Å². The maximum absolute atomic E-state index is 10.6. The van der Waals surface area contributed by atoms with Crippen LogP contribution in [0.15, 0.2) is 24.3 Å². The highest BCUT2D eigenvalue weighted by Crippen LogP contribution is 2.28. The summed E-state index contributed by atoms with van der Waals surface area (Å²) in [5, 5.41) is 20.4. The number of carboxylic acids is 2. The van der Waals surface area contributed by atoms with Crippen LogP contribution in [0.25, 0.3) is 11.3 Å². The minimum absolute atomic E-state index is 0.119. The van der Waals surface area contributed by atoms with Gasteiger partial charge in [-0.3, -0.25) is 4.79 Å². The van der Waals surface area contributed by atoms with Crippen molar-refractivity contribution in [1.82, 2.24) is 10.3 Å². The second-order valence-corrected chi connectivity index (χ2v) is 6.87. The Morgan fingerprint density at radius 3 is 2.26 bits per heavy atom. The Bertz CT molecular complexity index is 779. The number of benzene rings is 1. The third-order valence-corrected chi connectivity index (χ3v) is 4.22. The van der Waals surface area contributed by atoms with Crippen LogP contribution in [0.2, 0.25) is 5.02 Å². The lowest BCUT2D eigenvalue weighted by atomic mass is 10.1. The molecule has 6 nitrogen and oxygen atoms in total. The summed E-state index contributed by atoms with van der Waals surface area (Å²) in [4.78, 5) is 25.0. The highest BCUT2D eigenvalue weighted by Gasteiger charge is 2.38. The zero-order valence-electron chi connectivity index (χ0n) is 14.0. The Labute approximate surface area is 161 Å². The molecule has 1 aromatic carbocycles. The van der Waals surface area contributed by atoms with Gasteiger partial charge in [0.2, 0.25) is 0 Å². The normalized spacial score (nSPS) is 10.9. The average molecular weight is 425 g/mol. The fraction of sp³-hybridized carbons (Fsp3) is 0.312. The molecular formula is C16H16ClF3N2O4S. The van der Waals surface area contributed by atoms with E-state index in [1.165, 1.54) is 0 Å². The minimum Gasteiger partial charge on any atom is -0.481 e. The van der Waals surface area contributed by atoms with Gasteiger partial charge < -0.3 is 15.5 Å². The van der Waals surface area contributed by atoms with Gasteiger partial charge in [0.1, 0.15) is 5.01 Å². The first kappa shape index (κ1) is 22.9. The number of alkyl halides is 3. The minimum atomic E-state index is -5.08. The second-order valence-electron chi connectivity index (χ2n) is 5.14. The van der Waals surface area contributed by atoms with Gasteiger partial charge >= 0.3 is 18.1 Å². The van der Waals surface area contributed by atoms with E-state index in [2.05, 4.69) is 10.3 Å². The van der Waals surface area contributed by atoms with Gasteiger partial charge in [0.15, 0.2) is 0 Å². The number of halogens is 4. The van der Waals surface area contributed by atoms with E-state index in [1.807, 2.05) is 31.2 Å². The largest absolute Gasteiger partial charge is 0.490 e. The molecule has 0 aliphatic carbocycles. The van der Waals surface area contributed by atoms with E-state index < -0.39 is 18.1 Å².